The second kappa shape index (κ2) is 7.30. The minimum Gasteiger partial charge on any atom is -0.463 e. The van der Waals surface area contributed by atoms with Crippen LogP contribution in [-0.4, -0.2) is 22.0 Å². The van der Waals surface area contributed by atoms with E-state index < -0.39 is 0 Å². The molecule has 0 fully saturated rings. The Kier molecular flexibility index (Phi) is 4.54. The van der Waals surface area contributed by atoms with Gasteiger partial charge in [0.15, 0.2) is 11.5 Å². The molecule has 3 aromatic heterocycles. The van der Waals surface area contributed by atoms with Gasteiger partial charge in [-0.3, -0.25) is 14.7 Å². The minimum atomic E-state index is -0.370. The molecule has 0 saturated carbocycles. The van der Waals surface area contributed by atoms with Crippen LogP contribution in [0.25, 0.3) is 11.5 Å². The Morgan fingerprint density at radius 2 is 1.78 bits per heavy atom. The quantitative estimate of drug-likeness (QED) is 0.484. The molecule has 8 heteroatoms. The van der Waals surface area contributed by atoms with Gasteiger partial charge in [-0.05, 0) is 41.8 Å². The number of H-pyrrole nitrogens is 1. The molecule has 0 aliphatic rings. The van der Waals surface area contributed by atoms with Gasteiger partial charge in [-0.25, -0.2) is 0 Å². The van der Waals surface area contributed by atoms with Gasteiger partial charge >= 0.3 is 0 Å². The van der Waals surface area contributed by atoms with Crippen molar-refractivity contribution in [1.29, 1.82) is 0 Å². The summed E-state index contributed by atoms with van der Waals surface area (Å²) < 4.78 is 5.27. The third-order valence-corrected chi connectivity index (χ3v) is 4.59. The zero-order valence-electron chi connectivity index (χ0n) is 13.9. The number of benzene rings is 1. The van der Waals surface area contributed by atoms with E-state index >= 15 is 0 Å². The highest BCUT2D eigenvalue weighted by Gasteiger charge is 2.13. The number of furan rings is 1. The van der Waals surface area contributed by atoms with Crippen LogP contribution in [0.5, 0.6) is 0 Å². The molecule has 3 N–H and O–H groups in total. The van der Waals surface area contributed by atoms with Crippen LogP contribution in [0, 0.1) is 0 Å². The van der Waals surface area contributed by atoms with Gasteiger partial charge in [-0.15, -0.1) is 11.3 Å². The number of thiophene rings is 1. The van der Waals surface area contributed by atoms with Crippen molar-refractivity contribution < 1.29 is 14.0 Å². The molecule has 4 rings (SSSR count). The first-order valence-electron chi connectivity index (χ1n) is 8.04. The maximum Gasteiger partial charge on any atom is 0.276 e. The second-order valence-electron chi connectivity index (χ2n) is 5.61. The molecule has 0 aliphatic heterocycles. The third-order valence-electron chi connectivity index (χ3n) is 3.72. The van der Waals surface area contributed by atoms with E-state index in [9.17, 15) is 9.59 Å². The van der Waals surface area contributed by atoms with Crippen molar-refractivity contribution in [3.05, 3.63) is 76.8 Å². The molecule has 0 radical (unpaired) electrons. The Morgan fingerprint density at radius 1 is 0.963 bits per heavy atom. The monoisotopic (exact) mass is 378 g/mol. The fourth-order valence-electron chi connectivity index (χ4n) is 2.47. The first kappa shape index (κ1) is 16.8. The Morgan fingerprint density at radius 3 is 2.48 bits per heavy atom. The molecule has 0 atom stereocenters. The summed E-state index contributed by atoms with van der Waals surface area (Å²) >= 11 is 1.36. The van der Waals surface area contributed by atoms with Crippen LogP contribution in [0.4, 0.5) is 11.4 Å². The Bertz CT molecular complexity index is 1070. The van der Waals surface area contributed by atoms with Crippen molar-refractivity contribution in [2.45, 2.75) is 0 Å². The SMILES string of the molecule is O=C(Nc1cccc(NC(=O)c2cccs2)c1)c1cc(-c2ccco2)[nH]n1. The lowest BCUT2D eigenvalue weighted by molar-refractivity contribution is 0.101. The van der Waals surface area contributed by atoms with Crippen molar-refractivity contribution in [2.75, 3.05) is 10.6 Å². The normalized spacial score (nSPS) is 10.5. The number of rotatable bonds is 5. The van der Waals surface area contributed by atoms with E-state index in [0.29, 0.717) is 27.7 Å². The van der Waals surface area contributed by atoms with Gasteiger partial charge < -0.3 is 15.1 Å². The average molecular weight is 378 g/mol. The van der Waals surface area contributed by atoms with E-state index in [2.05, 4.69) is 20.8 Å². The molecule has 27 heavy (non-hydrogen) atoms. The second-order valence-corrected chi connectivity index (χ2v) is 6.56. The van der Waals surface area contributed by atoms with Crippen LogP contribution in [0.3, 0.4) is 0 Å². The number of carbonyl (C=O) groups excluding carboxylic acids is 2. The van der Waals surface area contributed by atoms with Gasteiger partial charge in [0.2, 0.25) is 0 Å². The summed E-state index contributed by atoms with van der Waals surface area (Å²) in [7, 11) is 0. The Hall–Kier alpha value is -3.65. The van der Waals surface area contributed by atoms with Gasteiger partial charge in [0, 0.05) is 17.4 Å². The zero-order valence-corrected chi connectivity index (χ0v) is 14.7. The van der Waals surface area contributed by atoms with E-state index in [0.717, 1.165) is 0 Å². The van der Waals surface area contributed by atoms with Crippen LogP contribution in [0.1, 0.15) is 20.2 Å². The highest BCUT2D eigenvalue weighted by Crippen LogP contribution is 2.20. The number of hydrogen-bond acceptors (Lipinski definition) is 5. The smallest absolute Gasteiger partial charge is 0.276 e. The van der Waals surface area contributed by atoms with Gasteiger partial charge in [0.1, 0.15) is 5.69 Å². The largest absolute Gasteiger partial charge is 0.463 e. The molecule has 7 nitrogen and oxygen atoms in total. The summed E-state index contributed by atoms with van der Waals surface area (Å²) in [6.45, 7) is 0. The van der Waals surface area contributed by atoms with Crippen molar-refractivity contribution in [3.8, 4) is 11.5 Å². The fraction of sp³-hybridized carbons (Fsp3) is 0. The lowest BCUT2D eigenvalue weighted by Gasteiger charge is -2.07. The Labute approximate surface area is 158 Å². The zero-order chi connectivity index (χ0) is 18.6. The van der Waals surface area contributed by atoms with Gasteiger partial charge in [0.25, 0.3) is 11.8 Å². The number of carbonyl (C=O) groups is 2. The number of hydrogen-bond donors (Lipinski definition) is 3. The van der Waals surface area contributed by atoms with Crippen molar-refractivity contribution >= 4 is 34.5 Å². The number of aromatic amines is 1. The predicted octanol–water partition coefficient (Wildman–Crippen LogP) is 4.24. The average Bonchev–Trinajstić information content (AvgIpc) is 3.43. The first-order valence-corrected chi connectivity index (χ1v) is 8.92. The van der Waals surface area contributed by atoms with Crippen LogP contribution in [0.15, 0.2) is 70.7 Å². The minimum absolute atomic E-state index is 0.191. The van der Waals surface area contributed by atoms with Crippen LogP contribution in [0.2, 0.25) is 0 Å². The molecule has 2 amide bonds. The molecule has 0 spiro atoms. The maximum atomic E-state index is 12.4. The van der Waals surface area contributed by atoms with Crippen LogP contribution >= 0.6 is 11.3 Å². The van der Waals surface area contributed by atoms with Crippen molar-refractivity contribution in [3.63, 3.8) is 0 Å². The number of amides is 2. The molecule has 0 saturated heterocycles. The van der Waals surface area contributed by atoms with Gasteiger partial charge in [0.05, 0.1) is 11.1 Å². The topological polar surface area (TPSA) is 100 Å². The lowest BCUT2D eigenvalue weighted by Crippen LogP contribution is -2.13. The summed E-state index contributed by atoms with van der Waals surface area (Å²) in [6, 6.07) is 15.6. The van der Waals surface area contributed by atoms with E-state index in [1.807, 2.05) is 11.4 Å². The fourth-order valence-corrected chi connectivity index (χ4v) is 3.09. The standard InChI is InChI=1S/C19H14N4O3S/c24-18(15-11-14(22-23-15)16-6-2-8-26-16)20-12-4-1-5-13(10-12)21-19(25)17-7-3-9-27-17/h1-11H,(H,20,24)(H,21,25)(H,22,23). The van der Waals surface area contributed by atoms with E-state index in [-0.39, 0.29) is 17.5 Å². The predicted molar refractivity (Wildman–Crippen MR) is 103 cm³/mol. The number of nitrogens with one attached hydrogen (secondary N) is 3. The molecule has 0 bridgehead atoms. The number of anilines is 2. The molecule has 134 valence electrons. The van der Waals surface area contributed by atoms with E-state index in [1.54, 1.807) is 54.8 Å². The number of nitrogens with zero attached hydrogens (tertiary/aromatic N) is 1. The summed E-state index contributed by atoms with van der Waals surface area (Å²) in [5.41, 5.74) is 1.98. The molecule has 0 aliphatic carbocycles. The molecular weight excluding hydrogens is 364 g/mol. The van der Waals surface area contributed by atoms with Crippen LogP contribution in [-0.2, 0) is 0 Å². The summed E-state index contributed by atoms with van der Waals surface area (Å²) in [4.78, 5) is 25.2. The molecule has 4 aromatic rings. The first-order chi connectivity index (χ1) is 13.2. The third kappa shape index (κ3) is 3.80. The van der Waals surface area contributed by atoms with Crippen LogP contribution < -0.4 is 10.6 Å². The highest BCUT2D eigenvalue weighted by molar-refractivity contribution is 7.12. The van der Waals surface area contributed by atoms with Gasteiger partial charge in [-0.2, -0.15) is 5.10 Å². The van der Waals surface area contributed by atoms with Crippen molar-refractivity contribution in [1.82, 2.24) is 10.2 Å². The number of aromatic nitrogens is 2. The highest BCUT2D eigenvalue weighted by atomic mass is 32.1. The summed E-state index contributed by atoms with van der Waals surface area (Å²) in [6.07, 6.45) is 1.55. The van der Waals surface area contributed by atoms with E-state index in [4.69, 9.17) is 4.42 Å². The Balaban J connectivity index is 1.45. The maximum absolute atomic E-state index is 12.4. The molecule has 1 aromatic carbocycles. The molecule has 3 heterocycles. The molecule has 0 unspecified atom stereocenters. The summed E-state index contributed by atoms with van der Waals surface area (Å²) in [5.74, 6) is 0.0366. The summed E-state index contributed by atoms with van der Waals surface area (Å²) in [5, 5.41) is 14.2. The lowest BCUT2D eigenvalue weighted by atomic mass is 10.2. The van der Waals surface area contributed by atoms with E-state index in [1.165, 1.54) is 11.3 Å². The van der Waals surface area contributed by atoms with Crippen molar-refractivity contribution in [2.24, 2.45) is 0 Å². The van der Waals surface area contributed by atoms with Gasteiger partial charge in [-0.1, -0.05) is 12.1 Å². The molecular formula is C19H14N4O3S.